The largest absolute Gasteiger partial charge is 0.477 e. The molecule has 132 valence electrons. The van der Waals surface area contributed by atoms with Crippen LogP contribution in [0.5, 0.6) is 5.88 Å². The highest BCUT2D eigenvalue weighted by atomic mass is 16.5. The predicted molar refractivity (Wildman–Crippen MR) is 92.6 cm³/mol. The Morgan fingerprint density at radius 1 is 1.36 bits per heavy atom. The average molecular weight is 341 g/mol. The van der Waals surface area contributed by atoms with Crippen LogP contribution in [0.15, 0.2) is 18.3 Å². The first-order chi connectivity index (χ1) is 12.2. The molecule has 0 saturated heterocycles. The molecule has 3 heterocycles. The molecular formula is C19H23N3O3. The molecule has 0 radical (unpaired) electrons. The third-order valence-corrected chi connectivity index (χ3v) is 5.26. The Hall–Kier alpha value is -2.37. The molecule has 2 aromatic heterocycles. The number of aryl methyl sites for hydroxylation is 1. The molecule has 2 aliphatic rings. The molecule has 6 nitrogen and oxygen atoms in total. The van der Waals surface area contributed by atoms with Gasteiger partial charge in [-0.2, -0.15) is 5.10 Å². The minimum atomic E-state index is -0.386. The van der Waals surface area contributed by atoms with Gasteiger partial charge in [0, 0.05) is 22.9 Å². The van der Waals surface area contributed by atoms with E-state index in [0.717, 1.165) is 37.1 Å². The van der Waals surface area contributed by atoms with Crippen molar-refractivity contribution in [1.29, 1.82) is 0 Å². The van der Waals surface area contributed by atoms with E-state index in [-0.39, 0.29) is 11.4 Å². The van der Waals surface area contributed by atoms with Gasteiger partial charge in [-0.1, -0.05) is 13.3 Å². The maximum absolute atomic E-state index is 12.6. The van der Waals surface area contributed by atoms with Crippen molar-refractivity contribution in [1.82, 2.24) is 14.8 Å². The van der Waals surface area contributed by atoms with Crippen LogP contribution in [-0.2, 0) is 17.7 Å². The number of aromatic nitrogens is 3. The predicted octanol–water partition coefficient (Wildman–Crippen LogP) is 3.25. The number of hydrogen-bond donors (Lipinski definition) is 0. The first kappa shape index (κ1) is 16.1. The number of pyridine rings is 1. The van der Waals surface area contributed by atoms with Crippen molar-refractivity contribution >= 4 is 5.97 Å². The Balaban J connectivity index is 1.77. The van der Waals surface area contributed by atoms with Crippen LogP contribution in [0.1, 0.15) is 49.2 Å². The molecule has 1 aliphatic carbocycles. The Morgan fingerprint density at radius 2 is 2.20 bits per heavy atom. The van der Waals surface area contributed by atoms with Gasteiger partial charge in [-0.25, -0.2) is 9.48 Å². The lowest BCUT2D eigenvalue weighted by atomic mass is 9.69. The zero-order chi connectivity index (χ0) is 17.4. The Kier molecular flexibility index (Phi) is 3.98. The summed E-state index contributed by atoms with van der Waals surface area (Å²) in [6.07, 6.45) is 6.19. The number of rotatable bonds is 4. The fourth-order valence-electron chi connectivity index (χ4n) is 3.63. The summed E-state index contributed by atoms with van der Waals surface area (Å²) < 4.78 is 13.1. The number of esters is 1. The summed E-state index contributed by atoms with van der Waals surface area (Å²) in [6.45, 7) is 5.63. The third kappa shape index (κ3) is 2.69. The molecule has 0 amide bonds. The molecule has 6 heteroatoms. The van der Waals surface area contributed by atoms with Crippen LogP contribution in [0.25, 0.3) is 11.3 Å². The van der Waals surface area contributed by atoms with E-state index in [4.69, 9.17) is 14.6 Å². The van der Waals surface area contributed by atoms with Crippen LogP contribution in [0.3, 0.4) is 0 Å². The van der Waals surface area contributed by atoms with Crippen LogP contribution in [-0.4, -0.2) is 33.9 Å². The summed E-state index contributed by atoms with van der Waals surface area (Å²) in [7, 11) is 0. The van der Waals surface area contributed by atoms with Crippen LogP contribution in [0.4, 0.5) is 0 Å². The molecule has 2 aromatic rings. The fraction of sp³-hybridized carbons (Fsp3) is 0.526. The number of ether oxygens (including phenoxy) is 2. The molecule has 0 bridgehead atoms. The zero-order valence-corrected chi connectivity index (χ0v) is 14.7. The van der Waals surface area contributed by atoms with Gasteiger partial charge >= 0.3 is 5.97 Å². The number of carbonyl (C=O) groups excluding carboxylic acids is 1. The first-order valence-corrected chi connectivity index (χ1v) is 9.02. The van der Waals surface area contributed by atoms with Gasteiger partial charge in [-0.15, -0.1) is 0 Å². The quantitative estimate of drug-likeness (QED) is 0.799. The van der Waals surface area contributed by atoms with E-state index in [1.54, 1.807) is 13.1 Å². The maximum Gasteiger partial charge on any atom is 0.345 e. The molecule has 1 saturated carbocycles. The summed E-state index contributed by atoms with van der Waals surface area (Å²) in [6, 6.07) is 3.93. The molecule has 1 aliphatic heterocycles. The molecule has 25 heavy (non-hydrogen) atoms. The second-order valence-corrected chi connectivity index (χ2v) is 6.94. The van der Waals surface area contributed by atoms with E-state index < -0.39 is 0 Å². The molecule has 0 unspecified atom stereocenters. The summed E-state index contributed by atoms with van der Waals surface area (Å²) in [5.74, 6) is 0.147. The van der Waals surface area contributed by atoms with Gasteiger partial charge < -0.3 is 9.47 Å². The first-order valence-electron chi connectivity index (χ1n) is 9.02. The number of fused-ring (bicyclic) bond motifs is 1. The minimum absolute atomic E-state index is 0.187. The number of nitrogens with zero attached hydrogens (tertiary/aromatic N) is 3. The smallest absolute Gasteiger partial charge is 0.345 e. The van der Waals surface area contributed by atoms with Gasteiger partial charge in [0.1, 0.15) is 11.3 Å². The third-order valence-electron chi connectivity index (χ3n) is 5.26. The van der Waals surface area contributed by atoms with Crippen LogP contribution < -0.4 is 4.74 Å². The van der Waals surface area contributed by atoms with Crippen molar-refractivity contribution in [3.05, 3.63) is 29.6 Å². The minimum Gasteiger partial charge on any atom is -0.477 e. The number of hydrogen-bond acceptors (Lipinski definition) is 5. The molecule has 0 N–H and O–H groups in total. The topological polar surface area (TPSA) is 66.2 Å². The van der Waals surface area contributed by atoms with Gasteiger partial charge in [-0.05, 0) is 38.3 Å². The summed E-state index contributed by atoms with van der Waals surface area (Å²) >= 11 is 0. The Labute approximate surface area is 147 Å². The van der Waals surface area contributed by atoms with E-state index in [1.807, 2.05) is 16.8 Å². The maximum atomic E-state index is 12.6. The van der Waals surface area contributed by atoms with Gasteiger partial charge in [0.15, 0.2) is 0 Å². The van der Waals surface area contributed by atoms with Crippen molar-refractivity contribution in [2.45, 2.75) is 46.1 Å². The summed E-state index contributed by atoms with van der Waals surface area (Å²) in [5.41, 5.74) is 3.03. The van der Waals surface area contributed by atoms with Crippen LogP contribution in [0, 0.1) is 5.41 Å². The molecule has 1 spiro atoms. The van der Waals surface area contributed by atoms with E-state index in [2.05, 4.69) is 11.9 Å². The summed E-state index contributed by atoms with van der Waals surface area (Å²) in [4.78, 5) is 17.0. The van der Waals surface area contributed by atoms with Gasteiger partial charge in [-0.3, -0.25) is 4.98 Å². The SMILES string of the molecule is CCOC(=O)c1c(-c2ccc(CC)nc2)nn2c1OCC1(CCC1)C2. The molecule has 1 fully saturated rings. The van der Waals surface area contributed by atoms with E-state index >= 15 is 0 Å². The van der Waals surface area contributed by atoms with Crippen molar-refractivity contribution in [2.24, 2.45) is 5.41 Å². The lowest BCUT2D eigenvalue weighted by Crippen LogP contribution is -2.43. The van der Waals surface area contributed by atoms with E-state index in [9.17, 15) is 4.79 Å². The van der Waals surface area contributed by atoms with Gasteiger partial charge in [0.25, 0.3) is 0 Å². The second kappa shape index (κ2) is 6.17. The lowest BCUT2D eigenvalue weighted by molar-refractivity contribution is 0.000668. The normalized spacial score (nSPS) is 17.5. The summed E-state index contributed by atoms with van der Waals surface area (Å²) in [5, 5.41) is 4.71. The van der Waals surface area contributed by atoms with Crippen LogP contribution in [0.2, 0.25) is 0 Å². The zero-order valence-electron chi connectivity index (χ0n) is 14.7. The Morgan fingerprint density at radius 3 is 2.80 bits per heavy atom. The highest BCUT2D eigenvalue weighted by Crippen LogP contribution is 2.47. The highest BCUT2D eigenvalue weighted by Gasteiger charge is 2.44. The standard InChI is InChI=1S/C19H23N3O3/c1-3-14-7-6-13(10-20-14)16-15(18(23)24-4-2)17-22(21-16)11-19(12-25-17)8-5-9-19/h6-7,10H,3-5,8-9,11-12H2,1-2H3. The monoisotopic (exact) mass is 341 g/mol. The van der Waals surface area contributed by atoms with E-state index in [1.165, 1.54) is 6.42 Å². The van der Waals surface area contributed by atoms with E-state index in [0.29, 0.717) is 30.4 Å². The van der Waals surface area contributed by atoms with Crippen molar-refractivity contribution in [3.8, 4) is 17.1 Å². The second-order valence-electron chi connectivity index (χ2n) is 6.94. The average Bonchev–Trinajstić information content (AvgIpc) is 2.99. The molecular weight excluding hydrogens is 318 g/mol. The molecule has 0 aromatic carbocycles. The van der Waals surface area contributed by atoms with Crippen LogP contribution >= 0.6 is 0 Å². The van der Waals surface area contributed by atoms with Crippen molar-refractivity contribution in [3.63, 3.8) is 0 Å². The van der Waals surface area contributed by atoms with Crippen molar-refractivity contribution in [2.75, 3.05) is 13.2 Å². The lowest BCUT2D eigenvalue weighted by Gasteiger charge is -2.44. The van der Waals surface area contributed by atoms with Gasteiger partial charge in [0.05, 0.1) is 19.8 Å². The molecule has 0 atom stereocenters. The van der Waals surface area contributed by atoms with Crippen molar-refractivity contribution < 1.29 is 14.3 Å². The molecule has 4 rings (SSSR count). The number of carbonyl (C=O) groups is 1. The Bertz CT molecular complexity index is 791. The highest BCUT2D eigenvalue weighted by molar-refractivity contribution is 5.98. The van der Waals surface area contributed by atoms with Gasteiger partial charge in [0.2, 0.25) is 5.88 Å². The fourth-order valence-corrected chi connectivity index (χ4v) is 3.63.